The van der Waals surface area contributed by atoms with Crippen LogP contribution in [0.2, 0.25) is 0 Å². The summed E-state index contributed by atoms with van der Waals surface area (Å²) >= 11 is 0. The van der Waals surface area contributed by atoms with Gasteiger partial charge in [-0.05, 0) is 33.4 Å². The van der Waals surface area contributed by atoms with Crippen LogP contribution in [-0.2, 0) is 37.5 Å². The molecule has 0 unspecified atom stereocenters. The Balaban J connectivity index is 3.50. The van der Waals surface area contributed by atoms with Gasteiger partial charge in [0.15, 0.2) is 0 Å². The zero-order valence-electron chi connectivity index (χ0n) is 18.0. The highest BCUT2D eigenvalue weighted by Gasteiger charge is 2.77. The Kier molecular flexibility index (Phi) is 8.88. The van der Waals surface area contributed by atoms with Gasteiger partial charge in [-0.1, -0.05) is 0 Å². The Bertz CT molecular complexity index is 770. The first-order valence-corrected chi connectivity index (χ1v) is 10.2. The third-order valence-electron chi connectivity index (χ3n) is 8.01. The molecule has 1 aliphatic carbocycles. The van der Waals surface area contributed by atoms with Crippen molar-refractivity contribution in [1.82, 2.24) is 0 Å². The van der Waals surface area contributed by atoms with E-state index in [9.17, 15) is 52.7 Å². The van der Waals surface area contributed by atoms with Crippen LogP contribution in [0.5, 0.6) is 0 Å². The smallest absolute Gasteiger partial charge is 0.115 e. The molecule has 2 rings (SSSR count). The van der Waals surface area contributed by atoms with Gasteiger partial charge in [-0.2, -0.15) is 0 Å². The lowest BCUT2D eigenvalue weighted by Crippen LogP contribution is -2.74. The van der Waals surface area contributed by atoms with Gasteiger partial charge in [0, 0.05) is 0 Å². The fourth-order valence-electron chi connectivity index (χ4n) is 5.98. The lowest BCUT2D eigenvalue weighted by Gasteiger charge is -2.65. The monoisotopic (exact) mass is 516 g/mol. The Morgan fingerprint density at radius 2 is 0.559 bits per heavy atom. The highest BCUT2D eigenvalue weighted by Crippen LogP contribution is 2.69. The summed E-state index contributed by atoms with van der Waals surface area (Å²) < 4.78 is 174. The fourth-order valence-corrected chi connectivity index (χ4v) is 5.98. The molecule has 0 amide bonds. The maximum Gasteiger partial charge on any atom is 0.115 e. The molecular formula is C22H24F12. The SMILES string of the molecule is FCc1c(CF)c(CF)c2c(c1CF)C(CF)(CF)C(CF)(CF)C(CF)(CF)C2(CF)CF. The molecule has 34 heavy (non-hydrogen) atoms. The van der Waals surface area contributed by atoms with Crippen molar-refractivity contribution in [3.8, 4) is 0 Å². The summed E-state index contributed by atoms with van der Waals surface area (Å²) in [6, 6.07) is 0. The number of rotatable bonds is 12. The van der Waals surface area contributed by atoms with Crippen molar-refractivity contribution in [1.29, 1.82) is 0 Å². The average molecular weight is 516 g/mol. The molecule has 0 aliphatic heterocycles. The number of fused-ring (bicyclic) bond motifs is 1. The van der Waals surface area contributed by atoms with E-state index in [0.29, 0.717) is 0 Å². The van der Waals surface area contributed by atoms with E-state index in [1.54, 1.807) is 0 Å². The van der Waals surface area contributed by atoms with Gasteiger partial charge in [-0.15, -0.1) is 0 Å². The van der Waals surface area contributed by atoms with Gasteiger partial charge in [0.1, 0.15) is 53.4 Å². The summed E-state index contributed by atoms with van der Waals surface area (Å²) in [6.45, 7) is -24.9. The van der Waals surface area contributed by atoms with Crippen molar-refractivity contribution in [3.05, 3.63) is 33.4 Å². The Morgan fingerprint density at radius 3 is 0.706 bits per heavy atom. The molecule has 1 aliphatic rings. The van der Waals surface area contributed by atoms with E-state index in [4.69, 9.17) is 0 Å². The molecule has 12 heteroatoms. The van der Waals surface area contributed by atoms with Crippen molar-refractivity contribution in [3.63, 3.8) is 0 Å². The normalized spacial score (nSPS) is 19.8. The van der Waals surface area contributed by atoms with E-state index in [1.807, 2.05) is 0 Å². The van der Waals surface area contributed by atoms with Crippen molar-refractivity contribution >= 4 is 0 Å². The number of hydrogen-bond donors (Lipinski definition) is 0. The predicted octanol–water partition coefficient (Wildman–Crippen LogP) is 6.78. The van der Waals surface area contributed by atoms with Crippen LogP contribution >= 0.6 is 0 Å². The number of alkyl halides is 12. The topological polar surface area (TPSA) is 0 Å². The first kappa shape index (κ1) is 28.6. The van der Waals surface area contributed by atoms with Gasteiger partial charge in [-0.3, -0.25) is 17.6 Å². The lowest BCUT2D eigenvalue weighted by molar-refractivity contribution is -0.180. The molecule has 0 atom stereocenters. The predicted molar refractivity (Wildman–Crippen MR) is 102 cm³/mol. The zero-order valence-corrected chi connectivity index (χ0v) is 18.0. The van der Waals surface area contributed by atoms with Crippen LogP contribution in [0.15, 0.2) is 0 Å². The summed E-state index contributed by atoms with van der Waals surface area (Å²) in [6.07, 6.45) is 0. The van der Waals surface area contributed by atoms with Crippen molar-refractivity contribution in [2.24, 2.45) is 10.8 Å². The molecule has 0 radical (unpaired) electrons. The lowest BCUT2D eigenvalue weighted by atomic mass is 9.37. The molecule has 196 valence electrons. The van der Waals surface area contributed by atoms with Gasteiger partial charge in [0.25, 0.3) is 0 Å². The summed E-state index contributed by atoms with van der Waals surface area (Å²) in [5, 5.41) is 0. The van der Waals surface area contributed by atoms with Crippen LogP contribution in [-0.4, -0.2) is 53.4 Å². The van der Waals surface area contributed by atoms with Crippen LogP contribution in [0, 0.1) is 10.8 Å². The minimum Gasteiger partial charge on any atom is -0.250 e. The largest absolute Gasteiger partial charge is 0.250 e. The molecule has 0 spiro atoms. The fraction of sp³-hybridized carbons (Fsp3) is 0.727. The van der Waals surface area contributed by atoms with Crippen LogP contribution in [0.1, 0.15) is 33.4 Å². The minimum absolute atomic E-state index is 0.950. The molecule has 0 N–H and O–H groups in total. The first-order chi connectivity index (χ1) is 16.3. The Morgan fingerprint density at radius 1 is 0.324 bits per heavy atom. The summed E-state index contributed by atoms with van der Waals surface area (Å²) in [5.41, 5.74) is -20.1. The van der Waals surface area contributed by atoms with E-state index in [1.165, 1.54) is 0 Å². The van der Waals surface area contributed by atoms with Crippen molar-refractivity contribution in [2.45, 2.75) is 37.5 Å². The van der Waals surface area contributed by atoms with Crippen LogP contribution < -0.4 is 0 Å². The van der Waals surface area contributed by atoms with E-state index >= 15 is 0 Å². The standard InChI is InChI=1S/C22H24F12/c23-1-13-14(2-24)16(4-26)18-17(15(13)3-25)19(5-27,6-28)21(9-31,10-32)22(11-33,12-34)20(18,7-29)8-30/h1-12H2. The van der Waals surface area contributed by atoms with Gasteiger partial charge in [0.05, 0.1) is 48.4 Å². The first-order valence-electron chi connectivity index (χ1n) is 10.2. The van der Waals surface area contributed by atoms with Gasteiger partial charge in [-0.25, -0.2) is 35.1 Å². The third kappa shape index (κ3) is 3.01. The number of hydrogen-bond acceptors (Lipinski definition) is 0. The highest BCUT2D eigenvalue weighted by atomic mass is 19.2. The second kappa shape index (κ2) is 10.6. The van der Waals surface area contributed by atoms with E-state index in [0.717, 1.165) is 0 Å². The minimum atomic E-state index is -3.49. The molecule has 0 nitrogen and oxygen atoms in total. The van der Waals surface area contributed by atoms with Crippen LogP contribution in [0.3, 0.4) is 0 Å². The highest BCUT2D eigenvalue weighted by molar-refractivity contribution is 5.62. The molecule has 0 heterocycles. The average Bonchev–Trinajstić information content (AvgIpc) is 2.89. The second-order valence-electron chi connectivity index (χ2n) is 8.60. The zero-order chi connectivity index (χ0) is 25.9. The van der Waals surface area contributed by atoms with Crippen LogP contribution in [0.25, 0.3) is 0 Å². The third-order valence-corrected chi connectivity index (χ3v) is 8.01. The molecule has 0 bridgehead atoms. The van der Waals surface area contributed by atoms with E-state index in [-0.39, 0.29) is 0 Å². The van der Waals surface area contributed by atoms with Gasteiger partial charge >= 0.3 is 0 Å². The van der Waals surface area contributed by atoms with Gasteiger partial charge < -0.3 is 0 Å². The summed E-state index contributed by atoms with van der Waals surface area (Å²) in [4.78, 5) is 0. The molecule has 0 aromatic heterocycles. The molecule has 0 saturated heterocycles. The Hall–Kier alpha value is -1.62. The van der Waals surface area contributed by atoms with Crippen molar-refractivity contribution < 1.29 is 52.7 Å². The van der Waals surface area contributed by atoms with Crippen LogP contribution in [0.4, 0.5) is 52.7 Å². The quantitative estimate of drug-likeness (QED) is 0.269. The van der Waals surface area contributed by atoms with E-state index in [2.05, 4.69) is 0 Å². The van der Waals surface area contributed by atoms with E-state index < -0.39 is 135 Å². The summed E-state index contributed by atoms with van der Waals surface area (Å²) in [5.74, 6) is 0. The maximum absolute atomic E-state index is 14.7. The maximum atomic E-state index is 14.7. The van der Waals surface area contributed by atoms with Crippen molar-refractivity contribution in [2.75, 3.05) is 53.4 Å². The molecule has 0 saturated carbocycles. The number of benzene rings is 1. The molecule has 1 aromatic rings. The molecule has 1 aromatic carbocycles. The number of halogens is 12. The second-order valence-corrected chi connectivity index (χ2v) is 8.60. The summed E-state index contributed by atoms with van der Waals surface area (Å²) in [7, 11) is 0. The Labute approximate surface area is 188 Å². The van der Waals surface area contributed by atoms with Gasteiger partial charge in [0.2, 0.25) is 0 Å². The molecular weight excluding hydrogens is 492 g/mol. The molecule has 0 fully saturated rings.